The molecule has 2 aliphatic heterocycles. The van der Waals surface area contributed by atoms with Crippen molar-refractivity contribution in [3.8, 4) is 0 Å². The predicted octanol–water partition coefficient (Wildman–Crippen LogP) is 3.39. The Balaban J connectivity index is 2.25. The Morgan fingerprint density at radius 2 is 1.17 bits per heavy atom. The van der Waals surface area contributed by atoms with Crippen molar-refractivity contribution in [2.24, 2.45) is 0 Å². The molecule has 0 aromatic heterocycles. The van der Waals surface area contributed by atoms with Crippen LogP contribution in [0.2, 0.25) is 0 Å². The summed E-state index contributed by atoms with van der Waals surface area (Å²) in [5.74, 6) is 0. The summed E-state index contributed by atoms with van der Waals surface area (Å²) < 4.78 is 0. The minimum absolute atomic E-state index is 0.457. The topological polar surface area (TPSA) is 6.48 Å². The Kier molecular flexibility index (Phi) is 2.47. The van der Waals surface area contributed by atoms with Gasteiger partial charge in [0, 0.05) is 26.2 Å². The molecule has 1 aromatic carbocycles. The monoisotopic (exact) mass is 240 g/mol. The summed E-state index contributed by atoms with van der Waals surface area (Å²) in [4.78, 5) is 4.74. The molecule has 94 valence electrons. The van der Waals surface area contributed by atoms with Gasteiger partial charge in [0.25, 0.3) is 0 Å². The number of hydrogen-bond donors (Lipinski definition) is 0. The first-order valence-electron chi connectivity index (χ1n) is 6.58. The van der Waals surface area contributed by atoms with Crippen LogP contribution in [0.3, 0.4) is 0 Å². The lowest BCUT2D eigenvalue weighted by Crippen LogP contribution is -2.35. The molecular formula is C16H20N2. The molecule has 0 fully saturated rings. The zero-order chi connectivity index (χ0) is 12.9. The van der Waals surface area contributed by atoms with E-state index in [-0.39, 0.29) is 0 Å². The number of likely N-dealkylation sites (N-methyl/N-ethyl adjacent to an activating group) is 2. The van der Waals surface area contributed by atoms with Gasteiger partial charge in [0.05, 0.1) is 11.4 Å². The van der Waals surface area contributed by atoms with Crippen LogP contribution in [0.15, 0.2) is 24.3 Å². The molecule has 2 heteroatoms. The van der Waals surface area contributed by atoms with Gasteiger partial charge in [0.2, 0.25) is 0 Å². The summed E-state index contributed by atoms with van der Waals surface area (Å²) in [6.45, 7) is 4.47. The fourth-order valence-electron chi connectivity index (χ4n) is 2.77. The summed E-state index contributed by atoms with van der Waals surface area (Å²) in [5, 5.41) is 0. The van der Waals surface area contributed by atoms with Gasteiger partial charge in [-0.2, -0.15) is 0 Å². The van der Waals surface area contributed by atoms with E-state index < -0.39 is 0 Å². The molecule has 2 atom stereocenters. The average molecular weight is 240 g/mol. The number of fused-ring (bicyclic) bond motifs is 3. The highest BCUT2D eigenvalue weighted by molar-refractivity contribution is 5.90. The standard InChI is InChI=1S/C16H20N2/c1-11-5-7-13-9-10-14-8-6-12(2)18(4)16(14)15(13)17(11)3/h5-12H,1-4H3. The van der Waals surface area contributed by atoms with Crippen LogP contribution < -0.4 is 9.80 Å². The number of nitrogens with zero attached hydrogens (tertiary/aromatic N) is 2. The Labute approximate surface area is 109 Å². The maximum Gasteiger partial charge on any atom is 0.0686 e. The molecule has 1 aromatic rings. The number of hydrogen-bond acceptors (Lipinski definition) is 2. The lowest BCUT2D eigenvalue weighted by molar-refractivity contribution is 0.787. The second-order valence-corrected chi connectivity index (χ2v) is 5.36. The van der Waals surface area contributed by atoms with Crippen molar-refractivity contribution >= 4 is 23.5 Å². The quantitative estimate of drug-likeness (QED) is 0.686. The van der Waals surface area contributed by atoms with E-state index in [4.69, 9.17) is 0 Å². The van der Waals surface area contributed by atoms with E-state index in [1.807, 2.05) is 0 Å². The molecule has 0 N–H and O–H groups in total. The summed E-state index contributed by atoms with van der Waals surface area (Å²) in [6, 6.07) is 5.36. The molecule has 18 heavy (non-hydrogen) atoms. The molecule has 2 aliphatic rings. The van der Waals surface area contributed by atoms with Crippen LogP contribution in [0.1, 0.15) is 25.0 Å². The van der Waals surface area contributed by atoms with Crippen LogP contribution in [0, 0.1) is 0 Å². The van der Waals surface area contributed by atoms with Crippen LogP contribution in [-0.4, -0.2) is 26.2 Å². The van der Waals surface area contributed by atoms with Crippen molar-refractivity contribution in [1.29, 1.82) is 0 Å². The first kappa shape index (κ1) is 11.4. The van der Waals surface area contributed by atoms with E-state index in [1.54, 1.807) is 0 Å². The Morgan fingerprint density at radius 1 is 0.778 bits per heavy atom. The number of anilines is 2. The summed E-state index contributed by atoms with van der Waals surface area (Å²) >= 11 is 0. The van der Waals surface area contributed by atoms with E-state index >= 15 is 0 Å². The van der Waals surface area contributed by atoms with Gasteiger partial charge >= 0.3 is 0 Å². The molecule has 0 saturated heterocycles. The Hall–Kier alpha value is -1.70. The van der Waals surface area contributed by atoms with Crippen molar-refractivity contribution in [3.63, 3.8) is 0 Å². The van der Waals surface area contributed by atoms with E-state index in [0.29, 0.717) is 12.1 Å². The molecule has 0 spiro atoms. The molecule has 2 heterocycles. The zero-order valence-corrected chi connectivity index (χ0v) is 11.5. The number of benzene rings is 1. The van der Waals surface area contributed by atoms with Crippen molar-refractivity contribution in [3.05, 3.63) is 35.4 Å². The zero-order valence-electron chi connectivity index (χ0n) is 11.5. The fraction of sp³-hybridized carbons (Fsp3) is 0.375. The largest absolute Gasteiger partial charge is 0.366 e. The second kappa shape index (κ2) is 3.91. The molecule has 3 rings (SSSR count). The summed E-state index contributed by atoms with van der Waals surface area (Å²) in [6.07, 6.45) is 9.02. The molecule has 0 radical (unpaired) electrons. The first-order valence-corrected chi connectivity index (χ1v) is 6.58. The highest BCUT2D eigenvalue weighted by Crippen LogP contribution is 2.42. The highest BCUT2D eigenvalue weighted by atomic mass is 15.2. The third-order valence-corrected chi connectivity index (χ3v) is 4.25. The SMILES string of the molecule is CC1C=Cc2ccc3c(c2N1C)N(C)C(C)C=C3. The Bertz CT molecular complexity index is 493. The van der Waals surface area contributed by atoms with Crippen LogP contribution >= 0.6 is 0 Å². The summed E-state index contributed by atoms with van der Waals surface area (Å²) in [7, 11) is 4.37. The minimum Gasteiger partial charge on any atom is -0.366 e. The molecule has 2 nitrogen and oxygen atoms in total. The molecule has 0 saturated carbocycles. The predicted molar refractivity (Wildman–Crippen MR) is 80.2 cm³/mol. The van der Waals surface area contributed by atoms with E-state index in [0.717, 1.165) is 0 Å². The van der Waals surface area contributed by atoms with Crippen LogP contribution in [0.4, 0.5) is 11.4 Å². The second-order valence-electron chi connectivity index (χ2n) is 5.36. The fourth-order valence-corrected chi connectivity index (χ4v) is 2.77. The maximum absolute atomic E-state index is 2.37. The molecule has 0 bridgehead atoms. The van der Waals surface area contributed by atoms with Gasteiger partial charge in [-0.1, -0.05) is 36.4 Å². The third-order valence-electron chi connectivity index (χ3n) is 4.25. The molecular weight excluding hydrogens is 220 g/mol. The van der Waals surface area contributed by atoms with E-state index in [1.165, 1.54) is 22.5 Å². The van der Waals surface area contributed by atoms with Crippen molar-refractivity contribution in [1.82, 2.24) is 0 Å². The van der Waals surface area contributed by atoms with Gasteiger partial charge in [0.15, 0.2) is 0 Å². The van der Waals surface area contributed by atoms with Crippen molar-refractivity contribution in [2.75, 3.05) is 23.9 Å². The van der Waals surface area contributed by atoms with Gasteiger partial charge in [-0.05, 0) is 25.0 Å². The van der Waals surface area contributed by atoms with Crippen molar-refractivity contribution < 1.29 is 0 Å². The highest BCUT2D eigenvalue weighted by Gasteiger charge is 2.25. The van der Waals surface area contributed by atoms with Crippen molar-refractivity contribution in [2.45, 2.75) is 25.9 Å². The van der Waals surface area contributed by atoms with Gasteiger partial charge in [-0.3, -0.25) is 0 Å². The average Bonchev–Trinajstić information content (AvgIpc) is 2.38. The normalized spacial score (nSPS) is 25.1. The molecule has 0 amide bonds. The Morgan fingerprint density at radius 3 is 1.56 bits per heavy atom. The minimum atomic E-state index is 0.457. The number of rotatable bonds is 0. The van der Waals surface area contributed by atoms with Gasteiger partial charge in [-0.15, -0.1) is 0 Å². The smallest absolute Gasteiger partial charge is 0.0686 e. The van der Waals surface area contributed by atoms with Crippen LogP contribution in [0.25, 0.3) is 12.2 Å². The van der Waals surface area contributed by atoms with E-state index in [2.05, 4.69) is 74.2 Å². The van der Waals surface area contributed by atoms with Crippen LogP contribution in [-0.2, 0) is 0 Å². The van der Waals surface area contributed by atoms with Crippen LogP contribution in [0.5, 0.6) is 0 Å². The molecule has 0 aliphatic carbocycles. The first-order chi connectivity index (χ1) is 8.59. The third kappa shape index (κ3) is 1.48. The maximum atomic E-state index is 2.37. The van der Waals surface area contributed by atoms with E-state index in [9.17, 15) is 0 Å². The van der Waals surface area contributed by atoms with Gasteiger partial charge in [0.1, 0.15) is 0 Å². The summed E-state index contributed by atoms with van der Waals surface area (Å²) in [5.41, 5.74) is 5.37. The molecule has 2 unspecified atom stereocenters. The van der Waals surface area contributed by atoms with Gasteiger partial charge in [-0.25, -0.2) is 0 Å². The van der Waals surface area contributed by atoms with Gasteiger partial charge < -0.3 is 9.80 Å². The lowest BCUT2D eigenvalue weighted by atomic mass is 9.95. The lowest BCUT2D eigenvalue weighted by Gasteiger charge is -2.38.